The fraction of sp³-hybridized carbons (Fsp3) is 0.632. The number of hydrogen-bond acceptors (Lipinski definition) is 3. The Hall–Kier alpha value is -0.751. The molecule has 1 saturated carbocycles. The van der Waals surface area contributed by atoms with E-state index < -0.39 is 18.4 Å². The van der Waals surface area contributed by atoms with Gasteiger partial charge in [-0.25, -0.2) is 0 Å². The van der Waals surface area contributed by atoms with E-state index in [0.29, 0.717) is 0 Å². The third-order valence-electron chi connectivity index (χ3n) is 5.14. The number of ether oxygens (including phenoxy) is 2. The van der Waals surface area contributed by atoms with E-state index in [4.69, 9.17) is 14.6 Å². The zero-order valence-electron chi connectivity index (χ0n) is 15.3. The molecular weight excluding hydrogens is 407 g/mol. The summed E-state index contributed by atoms with van der Waals surface area (Å²) < 4.78 is 15.9. The molecule has 4 nitrogen and oxygen atoms in total. The van der Waals surface area contributed by atoms with Crippen LogP contribution in [0.4, 0.5) is 0 Å². The molecule has 1 saturated heterocycles. The normalized spacial score (nSPS) is 23.4. The number of benzene rings is 1. The topological polar surface area (TPSA) is 36.3 Å². The van der Waals surface area contributed by atoms with Gasteiger partial charge >= 0.3 is 148 Å². The number of nitrogens with zero attached hydrogens (tertiary/aromatic N) is 2. The van der Waals surface area contributed by atoms with Crippen molar-refractivity contribution in [3.8, 4) is 5.75 Å². The van der Waals surface area contributed by atoms with E-state index in [2.05, 4.69) is 44.6 Å². The molecule has 2 aromatic rings. The molecule has 0 radical (unpaired) electrons. The first kappa shape index (κ1) is 16.7. The molecule has 1 aliphatic heterocycles. The minimum atomic E-state index is -2.39. The summed E-state index contributed by atoms with van der Waals surface area (Å²) >= 11 is -2.39. The van der Waals surface area contributed by atoms with Crippen molar-refractivity contribution in [1.29, 1.82) is 0 Å². The summed E-state index contributed by atoms with van der Waals surface area (Å²) in [6.07, 6.45) is 5.81. The minimum absolute atomic E-state index is 0.0302. The molecule has 0 N–H and O–H groups in total. The van der Waals surface area contributed by atoms with Crippen LogP contribution in [-0.2, 0) is 4.74 Å². The maximum absolute atomic E-state index is 6.40. The molecule has 1 aromatic carbocycles. The molecular formula is C19H28N2O2Sn. The summed E-state index contributed by atoms with van der Waals surface area (Å²) in [4.78, 5) is 7.29. The van der Waals surface area contributed by atoms with E-state index in [1.54, 1.807) is 0 Å². The van der Waals surface area contributed by atoms with Gasteiger partial charge in [0.05, 0.1) is 0 Å². The Morgan fingerprint density at radius 3 is 2.67 bits per heavy atom. The van der Waals surface area contributed by atoms with Crippen molar-refractivity contribution >= 4 is 33.0 Å². The molecule has 1 unspecified atom stereocenters. The van der Waals surface area contributed by atoms with E-state index in [1.807, 2.05) is 0 Å². The molecule has 2 fully saturated rings. The Morgan fingerprint density at radius 2 is 2.04 bits per heavy atom. The summed E-state index contributed by atoms with van der Waals surface area (Å²) in [6, 6.07) is 6.41. The molecule has 1 aliphatic carbocycles. The number of fused-ring (bicyclic) bond motifs is 1. The zero-order chi connectivity index (χ0) is 16.9. The van der Waals surface area contributed by atoms with Gasteiger partial charge in [-0.15, -0.1) is 0 Å². The van der Waals surface area contributed by atoms with Crippen molar-refractivity contribution in [3.05, 3.63) is 18.2 Å². The summed E-state index contributed by atoms with van der Waals surface area (Å²) in [6.45, 7) is 3.05. The molecule has 2 aliphatic rings. The average Bonchev–Trinajstić information content (AvgIpc) is 3.11. The molecule has 1 atom stereocenters. The molecule has 2 heterocycles. The summed E-state index contributed by atoms with van der Waals surface area (Å²) in [5.41, 5.74) is 1.22. The Kier molecular flexibility index (Phi) is 4.11. The molecule has 0 spiro atoms. The third-order valence-corrected chi connectivity index (χ3v) is 10.2. The first-order valence-corrected chi connectivity index (χ1v) is 19.2. The van der Waals surface area contributed by atoms with Gasteiger partial charge in [-0.1, -0.05) is 0 Å². The number of rotatable bonds is 4. The Morgan fingerprint density at radius 1 is 1.25 bits per heavy atom. The van der Waals surface area contributed by atoms with Crippen molar-refractivity contribution < 1.29 is 9.47 Å². The van der Waals surface area contributed by atoms with Crippen LogP contribution in [-0.4, -0.2) is 40.4 Å². The van der Waals surface area contributed by atoms with Crippen LogP contribution >= 0.6 is 0 Å². The van der Waals surface area contributed by atoms with Gasteiger partial charge in [0.1, 0.15) is 0 Å². The SMILES string of the molecule is CC1(Oc2cccc3c2[c]([Sn]([CH3])([CH3])[CH3])nn3C2CCCCO2)CC1. The monoisotopic (exact) mass is 436 g/mol. The van der Waals surface area contributed by atoms with Crippen LogP contribution in [0, 0.1) is 0 Å². The van der Waals surface area contributed by atoms with Crippen molar-refractivity contribution in [3.63, 3.8) is 0 Å². The second-order valence-electron chi connectivity index (χ2n) is 8.57. The van der Waals surface area contributed by atoms with Gasteiger partial charge in [0.2, 0.25) is 0 Å². The molecule has 24 heavy (non-hydrogen) atoms. The number of hydrogen-bond donors (Lipinski definition) is 0. The van der Waals surface area contributed by atoms with Crippen LogP contribution in [0.25, 0.3) is 10.9 Å². The molecule has 130 valence electrons. The van der Waals surface area contributed by atoms with Crippen molar-refractivity contribution in [2.24, 2.45) is 0 Å². The molecule has 0 bridgehead atoms. The first-order valence-electron chi connectivity index (χ1n) is 9.20. The summed E-state index contributed by atoms with van der Waals surface area (Å²) in [7, 11) is 0. The van der Waals surface area contributed by atoms with Crippen LogP contribution < -0.4 is 8.45 Å². The van der Waals surface area contributed by atoms with Crippen LogP contribution in [0.15, 0.2) is 18.2 Å². The Bertz CT molecular complexity index is 753. The second kappa shape index (κ2) is 5.90. The van der Waals surface area contributed by atoms with Gasteiger partial charge in [0, 0.05) is 0 Å². The van der Waals surface area contributed by atoms with E-state index in [-0.39, 0.29) is 11.8 Å². The first-order chi connectivity index (χ1) is 11.4. The average molecular weight is 435 g/mol. The summed E-state index contributed by atoms with van der Waals surface area (Å²) in [5, 5.41) is 6.35. The Balaban J connectivity index is 1.87. The maximum atomic E-state index is 6.40. The fourth-order valence-electron chi connectivity index (χ4n) is 3.45. The van der Waals surface area contributed by atoms with Gasteiger partial charge in [-0.3, -0.25) is 0 Å². The van der Waals surface area contributed by atoms with E-state index in [9.17, 15) is 0 Å². The summed E-state index contributed by atoms with van der Waals surface area (Å²) in [5.74, 6) is 1.02. The van der Waals surface area contributed by atoms with Gasteiger partial charge in [-0.2, -0.15) is 0 Å². The van der Waals surface area contributed by atoms with E-state index in [1.165, 1.54) is 21.0 Å². The van der Waals surface area contributed by atoms with Crippen molar-refractivity contribution in [2.45, 2.75) is 65.7 Å². The van der Waals surface area contributed by atoms with E-state index in [0.717, 1.165) is 38.0 Å². The Labute approximate surface area is 148 Å². The predicted octanol–water partition coefficient (Wildman–Crippen LogP) is 4.21. The predicted molar refractivity (Wildman–Crippen MR) is 99.8 cm³/mol. The van der Waals surface area contributed by atoms with Crippen molar-refractivity contribution in [1.82, 2.24) is 9.78 Å². The van der Waals surface area contributed by atoms with Gasteiger partial charge < -0.3 is 0 Å². The van der Waals surface area contributed by atoms with Crippen LogP contribution in [0.1, 0.15) is 45.3 Å². The quantitative estimate of drug-likeness (QED) is 0.676. The van der Waals surface area contributed by atoms with E-state index >= 15 is 0 Å². The molecule has 4 rings (SSSR count). The van der Waals surface area contributed by atoms with Gasteiger partial charge in [0.25, 0.3) is 0 Å². The van der Waals surface area contributed by atoms with Crippen LogP contribution in [0.5, 0.6) is 5.75 Å². The van der Waals surface area contributed by atoms with Crippen LogP contribution in [0.3, 0.4) is 0 Å². The van der Waals surface area contributed by atoms with Crippen molar-refractivity contribution in [2.75, 3.05) is 6.61 Å². The van der Waals surface area contributed by atoms with Gasteiger partial charge in [0.15, 0.2) is 0 Å². The standard InChI is InChI=1S/C16H19N2O2.3CH3.Sn/c1-16(8-9-16)20-14-6-4-5-13-12(14)11-17-18(13)15-7-2-3-10-19-15;;;;/h4-6,15H,2-3,7-10H2,1H3;3*1H3;. The number of aromatic nitrogens is 2. The fourth-order valence-corrected chi connectivity index (χ4v) is 7.47. The molecule has 1 aromatic heterocycles. The third kappa shape index (κ3) is 3.07. The molecule has 0 amide bonds. The van der Waals surface area contributed by atoms with Crippen LogP contribution in [0.2, 0.25) is 14.8 Å². The molecule has 5 heteroatoms. The van der Waals surface area contributed by atoms with Gasteiger partial charge in [-0.05, 0) is 0 Å². The second-order valence-corrected chi connectivity index (χ2v) is 22.8. The zero-order valence-corrected chi connectivity index (χ0v) is 18.1.